The topological polar surface area (TPSA) is 82.6 Å². The number of aromatic amines is 1. The predicted molar refractivity (Wildman–Crippen MR) is 92.7 cm³/mol. The summed E-state index contributed by atoms with van der Waals surface area (Å²) in [7, 11) is 0. The average molecular weight is 342 g/mol. The van der Waals surface area contributed by atoms with E-state index in [0.29, 0.717) is 25.1 Å². The van der Waals surface area contributed by atoms with Crippen LogP contribution in [0.15, 0.2) is 18.2 Å². The third-order valence-corrected chi connectivity index (χ3v) is 5.93. The predicted octanol–water partition coefficient (Wildman–Crippen LogP) is 2.35. The number of carbonyl (C=O) groups is 2. The molecule has 2 aliphatic rings. The number of aromatic nitrogens is 1. The summed E-state index contributed by atoms with van der Waals surface area (Å²) in [5.74, 6) is -1.00. The van der Waals surface area contributed by atoms with Gasteiger partial charge in [-0.15, -0.1) is 0 Å². The van der Waals surface area contributed by atoms with Crippen LogP contribution in [0.2, 0.25) is 0 Å². The number of nitrogens with one attached hydrogen (secondary N) is 1. The summed E-state index contributed by atoms with van der Waals surface area (Å²) in [6.07, 6.45) is 0.686. The zero-order valence-electron chi connectivity index (χ0n) is 14.5. The molecule has 0 spiro atoms. The first-order chi connectivity index (χ1) is 11.9. The molecule has 1 amide bonds. The molecule has 6 nitrogen and oxygen atoms in total. The highest BCUT2D eigenvalue weighted by atomic mass is 16.5. The number of rotatable bonds is 2. The van der Waals surface area contributed by atoms with Gasteiger partial charge in [-0.1, -0.05) is 0 Å². The summed E-state index contributed by atoms with van der Waals surface area (Å²) < 4.78 is 5.44. The van der Waals surface area contributed by atoms with Gasteiger partial charge in [-0.2, -0.15) is 0 Å². The number of benzene rings is 1. The van der Waals surface area contributed by atoms with Crippen LogP contribution in [-0.4, -0.2) is 53.2 Å². The molecular weight excluding hydrogens is 320 g/mol. The maximum absolute atomic E-state index is 13.0. The van der Waals surface area contributed by atoms with Crippen LogP contribution in [0.25, 0.3) is 10.9 Å². The monoisotopic (exact) mass is 342 g/mol. The highest BCUT2D eigenvalue weighted by Crippen LogP contribution is 2.42. The summed E-state index contributed by atoms with van der Waals surface area (Å²) in [5.41, 5.74) is 2.88. The molecule has 2 fully saturated rings. The van der Waals surface area contributed by atoms with E-state index in [9.17, 15) is 14.7 Å². The Kier molecular flexibility index (Phi) is 3.61. The fourth-order valence-electron chi connectivity index (χ4n) is 4.22. The number of amides is 1. The molecule has 0 unspecified atom stereocenters. The van der Waals surface area contributed by atoms with Crippen molar-refractivity contribution in [1.82, 2.24) is 9.88 Å². The third kappa shape index (κ3) is 2.35. The Hall–Kier alpha value is -2.34. The Bertz CT molecular complexity index is 872. The van der Waals surface area contributed by atoms with Crippen molar-refractivity contribution in [3.8, 4) is 0 Å². The molecule has 3 heterocycles. The van der Waals surface area contributed by atoms with E-state index in [2.05, 4.69) is 4.98 Å². The lowest BCUT2D eigenvalue weighted by Gasteiger charge is -2.33. The van der Waals surface area contributed by atoms with Gasteiger partial charge in [0.1, 0.15) is 5.41 Å². The van der Waals surface area contributed by atoms with Crippen molar-refractivity contribution < 1.29 is 19.4 Å². The number of hydrogen-bond donors (Lipinski definition) is 2. The Labute approximate surface area is 145 Å². The van der Waals surface area contributed by atoms with E-state index in [1.54, 1.807) is 4.90 Å². The standard InChI is InChI=1S/C19H22N2O4/c1-11-12(2)20-16-4-3-13(7-15(11)16)17(22)21-8-14-5-6-25-10-19(14,9-21)18(23)24/h3-4,7,14,20H,5-6,8-10H2,1-2H3,(H,23,24)/t14-,19+/m0/s1. The van der Waals surface area contributed by atoms with Gasteiger partial charge < -0.3 is 19.7 Å². The molecule has 1 aromatic carbocycles. The van der Waals surface area contributed by atoms with E-state index < -0.39 is 11.4 Å². The van der Waals surface area contributed by atoms with Crippen LogP contribution >= 0.6 is 0 Å². The van der Waals surface area contributed by atoms with E-state index in [1.165, 1.54) is 0 Å². The second-order valence-electron chi connectivity index (χ2n) is 7.32. The van der Waals surface area contributed by atoms with Crippen LogP contribution in [0.4, 0.5) is 0 Å². The van der Waals surface area contributed by atoms with E-state index in [-0.39, 0.29) is 25.0 Å². The Morgan fingerprint density at radius 3 is 2.88 bits per heavy atom. The first-order valence-electron chi connectivity index (χ1n) is 8.62. The number of fused-ring (bicyclic) bond motifs is 2. The van der Waals surface area contributed by atoms with Crippen molar-refractivity contribution in [2.75, 3.05) is 26.3 Å². The number of carbonyl (C=O) groups excluding carboxylic acids is 1. The minimum absolute atomic E-state index is 0.0392. The van der Waals surface area contributed by atoms with Crippen molar-refractivity contribution in [1.29, 1.82) is 0 Å². The molecule has 25 heavy (non-hydrogen) atoms. The number of carboxylic acid groups (broad SMARTS) is 1. The first-order valence-corrected chi connectivity index (χ1v) is 8.62. The lowest BCUT2D eigenvalue weighted by atomic mass is 9.76. The van der Waals surface area contributed by atoms with Crippen LogP contribution in [0.1, 0.15) is 28.0 Å². The molecule has 2 saturated heterocycles. The summed E-state index contributed by atoms with van der Waals surface area (Å²) in [6.45, 7) is 5.50. The number of nitrogens with zero attached hydrogens (tertiary/aromatic N) is 1. The van der Waals surface area contributed by atoms with Crippen LogP contribution < -0.4 is 0 Å². The number of carboxylic acids is 1. The number of ether oxygens (including phenoxy) is 1. The number of hydrogen-bond acceptors (Lipinski definition) is 3. The van der Waals surface area contributed by atoms with Gasteiger partial charge in [-0.25, -0.2) is 0 Å². The number of likely N-dealkylation sites (tertiary alicyclic amines) is 1. The third-order valence-electron chi connectivity index (χ3n) is 5.93. The van der Waals surface area contributed by atoms with Gasteiger partial charge in [0, 0.05) is 41.9 Å². The molecule has 0 saturated carbocycles. The molecule has 4 rings (SSSR count). The second kappa shape index (κ2) is 5.59. The second-order valence-corrected chi connectivity index (χ2v) is 7.32. The maximum Gasteiger partial charge on any atom is 0.314 e. The highest BCUT2D eigenvalue weighted by molar-refractivity contribution is 5.99. The lowest BCUT2D eigenvalue weighted by Crippen LogP contribution is -2.46. The number of H-pyrrole nitrogens is 1. The zero-order valence-corrected chi connectivity index (χ0v) is 14.5. The molecule has 2 aliphatic heterocycles. The summed E-state index contributed by atoms with van der Waals surface area (Å²) in [6, 6.07) is 5.64. The summed E-state index contributed by atoms with van der Waals surface area (Å²) in [5, 5.41) is 10.8. The molecule has 0 radical (unpaired) electrons. The molecular formula is C19H22N2O4. The van der Waals surface area contributed by atoms with Gasteiger partial charge in [0.05, 0.1) is 6.61 Å². The van der Waals surface area contributed by atoms with Crippen LogP contribution in [0.5, 0.6) is 0 Å². The Morgan fingerprint density at radius 1 is 1.36 bits per heavy atom. The molecule has 2 N–H and O–H groups in total. The van der Waals surface area contributed by atoms with Crippen LogP contribution in [0, 0.1) is 25.2 Å². The van der Waals surface area contributed by atoms with Crippen molar-refractivity contribution in [3.63, 3.8) is 0 Å². The zero-order chi connectivity index (χ0) is 17.8. The molecule has 2 atom stereocenters. The normalized spacial score (nSPS) is 26.0. The highest BCUT2D eigenvalue weighted by Gasteiger charge is 2.55. The van der Waals surface area contributed by atoms with Gasteiger partial charge in [0.15, 0.2) is 0 Å². The Balaban J connectivity index is 1.65. The Morgan fingerprint density at radius 2 is 2.16 bits per heavy atom. The molecule has 0 aliphatic carbocycles. The molecule has 2 aromatic rings. The van der Waals surface area contributed by atoms with Gasteiger partial charge in [-0.3, -0.25) is 9.59 Å². The van der Waals surface area contributed by atoms with Gasteiger partial charge >= 0.3 is 5.97 Å². The largest absolute Gasteiger partial charge is 0.481 e. The first kappa shape index (κ1) is 16.1. The van der Waals surface area contributed by atoms with Crippen molar-refractivity contribution in [2.45, 2.75) is 20.3 Å². The minimum Gasteiger partial charge on any atom is -0.481 e. The fourth-order valence-corrected chi connectivity index (χ4v) is 4.22. The average Bonchev–Trinajstić information content (AvgIpc) is 3.13. The lowest BCUT2D eigenvalue weighted by molar-refractivity contribution is -0.159. The van der Waals surface area contributed by atoms with Crippen molar-refractivity contribution >= 4 is 22.8 Å². The maximum atomic E-state index is 13.0. The van der Waals surface area contributed by atoms with Gasteiger partial charge in [-0.05, 0) is 49.9 Å². The van der Waals surface area contributed by atoms with Crippen molar-refractivity contribution in [3.05, 3.63) is 35.0 Å². The minimum atomic E-state index is -0.960. The molecule has 1 aromatic heterocycles. The van der Waals surface area contributed by atoms with E-state index in [1.807, 2.05) is 32.0 Å². The summed E-state index contributed by atoms with van der Waals surface area (Å²) in [4.78, 5) is 29.9. The van der Waals surface area contributed by atoms with Crippen LogP contribution in [-0.2, 0) is 9.53 Å². The van der Waals surface area contributed by atoms with Gasteiger partial charge in [0.2, 0.25) is 0 Å². The number of aliphatic carboxylic acids is 1. The van der Waals surface area contributed by atoms with Gasteiger partial charge in [0.25, 0.3) is 5.91 Å². The smallest absolute Gasteiger partial charge is 0.314 e. The van der Waals surface area contributed by atoms with E-state index >= 15 is 0 Å². The van der Waals surface area contributed by atoms with Crippen molar-refractivity contribution in [2.24, 2.45) is 11.3 Å². The summed E-state index contributed by atoms with van der Waals surface area (Å²) >= 11 is 0. The molecule has 6 heteroatoms. The fraction of sp³-hybridized carbons (Fsp3) is 0.474. The molecule has 0 bridgehead atoms. The quantitative estimate of drug-likeness (QED) is 0.878. The number of aryl methyl sites for hydroxylation is 2. The van der Waals surface area contributed by atoms with E-state index in [4.69, 9.17) is 4.74 Å². The molecule has 132 valence electrons. The SMILES string of the molecule is Cc1[nH]c2ccc(C(=O)N3C[C@@H]4CCOC[C@]4(C(=O)O)C3)cc2c1C. The van der Waals surface area contributed by atoms with Crippen LogP contribution in [0.3, 0.4) is 0 Å². The van der Waals surface area contributed by atoms with E-state index in [0.717, 1.165) is 22.2 Å².